The maximum atomic E-state index is 3.03. The predicted molar refractivity (Wildman–Crippen MR) is 99.4 cm³/mol. The molecule has 0 aliphatic rings. The van der Waals surface area contributed by atoms with Crippen LogP contribution in [0.3, 0.4) is 0 Å². The smallest absolute Gasteiger partial charge is 0.0246 e. The second-order valence-electron chi connectivity index (χ2n) is 5.61. The van der Waals surface area contributed by atoms with Crippen LogP contribution in [0.25, 0.3) is 21.5 Å². The van der Waals surface area contributed by atoms with E-state index >= 15 is 0 Å². The molecule has 0 spiro atoms. The quantitative estimate of drug-likeness (QED) is 0.401. The standard InChI is InChI=1S/C21H17P/c22-21(19-13-5-9-15-7-1-3-11-17(15)19)20-14-6-10-16-8-2-4-12-18(16)20/h1-14,21H,22H2. The number of hydrogen-bond donors (Lipinski definition) is 0. The van der Waals surface area contributed by atoms with Crippen LogP contribution < -0.4 is 0 Å². The summed E-state index contributed by atoms with van der Waals surface area (Å²) in [4.78, 5) is 0. The van der Waals surface area contributed by atoms with Gasteiger partial charge in [-0.2, -0.15) is 0 Å². The fourth-order valence-corrected chi connectivity index (χ4v) is 3.79. The minimum absolute atomic E-state index is 0.289. The molecule has 0 aromatic heterocycles. The van der Waals surface area contributed by atoms with Crippen molar-refractivity contribution in [3.63, 3.8) is 0 Å². The fourth-order valence-electron chi connectivity index (χ4n) is 3.21. The average molecular weight is 300 g/mol. The van der Waals surface area contributed by atoms with Crippen molar-refractivity contribution < 1.29 is 0 Å². The Bertz CT molecular complexity index is 866. The van der Waals surface area contributed by atoms with Crippen molar-refractivity contribution in [3.05, 3.63) is 96.1 Å². The van der Waals surface area contributed by atoms with Gasteiger partial charge in [-0.15, -0.1) is 9.24 Å². The molecule has 1 unspecified atom stereocenters. The van der Waals surface area contributed by atoms with Crippen molar-refractivity contribution in [2.45, 2.75) is 5.66 Å². The highest BCUT2D eigenvalue weighted by Gasteiger charge is 2.14. The Hall–Kier alpha value is -2.17. The molecule has 0 fully saturated rings. The van der Waals surface area contributed by atoms with Crippen LogP contribution in [0.15, 0.2) is 84.9 Å². The zero-order valence-electron chi connectivity index (χ0n) is 12.2. The molecule has 106 valence electrons. The molecule has 1 atom stereocenters. The summed E-state index contributed by atoms with van der Waals surface area (Å²) in [7, 11) is 3.03. The van der Waals surface area contributed by atoms with Gasteiger partial charge in [0.05, 0.1) is 0 Å². The molecule has 0 aliphatic carbocycles. The van der Waals surface area contributed by atoms with E-state index in [-0.39, 0.29) is 5.66 Å². The van der Waals surface area contributed by atoms with Crippen LogP contribution >= 0.6 is 9.24 Å². The molecule has 0 N–H and O–H groups in total. The van der Waals surface area contributed by atoms with Crippen molar-refractivity contribution >= 4 is 30.8 Å². The Kier molecular flexibility index (Phi) is 3.41. The maximum absolute atomic E-state index is 3.03. The second kappa shape index (κ2) is 5.55. The summed E-state index contributed by atoms with van der Waals surface area (Å²) in [6, 6.07) is 30.4. The highest BCUT2D eigenvalue weighted by atomic mass is 31.0. The van der Waals surface area contributed by atoms with Crippen LogP contribution in [0.1, 0.15) is 16.8 Å². The Morgan fingerprint density at radius 2 is 0.909 bits per heavy atom. The number of fused-ring (bicyclic) bond motifs is 2. The zero-order valence-corrected chi connectivity index (χ0v) is 13.4. The summed E-state index contributed by atoms with van der Waals surface area (Å²) in [6.07, 6.45) is 0. The van der Waals surface area contributed by atoms with Gasteiger partial charge in [0.2, 0.25) is 0 Å². The summed E-state index contributed by atoms with van der Waals surface area (Å²) in [5, 5.41) is 5.26. The van der Waals surface area contributed by atoms with Gasteiger partial charge >= 0.3 is 0 Å². The topological polar surface area (TPSA) is 0 Å². The van der Waals surface area contributed by atoms with E-state index in [4.69, 9.17) is 0 Å². The van der Waals surface area contributed by atoms with E-state index in [1.165, 1.54) is 32.7 Å². The first-order valence-electron chi connectivity index (χ1n) is 7.55. The van der Waals surface area contributed by atoms with Crippen molar-refractivity contribution in [2.75, 3.05) is 0 Å². The molecule has 0 radical (unpaired) electrons. The molecule has 4 aromatic rings. The Labute approximate surface area is 133 Å². The van der Waals surface area contributed by atoms with Crippen LogP contribution in [-0.4, -0.2) is 0 Å². The number of hydrogen-bond acceptors (Lipinski definition) is 0. The van der Waals surface area contributed by atoms with E-state index in [0.29, 0.717) is 0 Å². The zero-order chi connectivity index (χ0) is 14.9. The molecule has 4 aromatic carbocycles. The lowest BCUT2D eigenvalue weighted by Gasteiger charge is -2.17. The minimum atomic E-state index is 0.289. The van der Waals surface area contributed by atoms with E-state index in [0.717, 1.165) is 0 Å². The minimum Gasteiger partial charge on any atom is -0.125 e. The molecular formula is C21H17P. The molecule has 0 saturated carbocycles. The van der Waals surface area contributed by atoms with Gasteiger partial charge in [0.1, 0.15) is 0 Å². The Morgan fingerprint density at radius 3 is 1.41 bits per heavy atom. The molecule has 0 amide bonds. The van der Waals surface area contributed by atoms with Crippen LogP contribution in [-0.2, 0) is 0 Å². The van der Waals surface area contributed by atoms with Crippen molar-refractivity contribution in [3.8, 4) is 0 Å². The van der Waals surface area contributed by atoms with Crippen LogP contribution in [0.2, 0.25) is 0 Å². The Balaban J connectivity index is 1.94. The van der Waals surface area contributed by atoms with E-state index in [1.54, 1.807) is 0 Å². The van der Waals surface area contributed by atoms with Gasteiger partial charge in [0, 0.05) is 5.66 Å². The van der Waals surface area contributed by atoms with Gasteiger partial charge in [-0.1, -0.05) is 84.9 Å². The molecular weight excluding hydrogens is 283 g/mol. The first-order chi connectivity index (χ1) is 10.8. The third-order valence-electron chi connectivity index (χ3n) is 4.32. The van der Waals surface area contributed by atoms with Gasteiger partial charge < -0.3 is 0 Å². The van der Waals surface area contributed by atoms with Crippen molar-refractivity contribution in [2.24, 2.45) is 0 Å². The molecule has 22 heavy (non-hydrogen) atoms. The summed E-state index contributed by atoms with van der Waals surface area (Å²) < 4.78 is 0. The lowest BCUT2D eigenvalue weighted by Crippen LogP contribution is -1.95. The maximum Gasteiger partial charge on any atom is 0.0246 e. The lowest BCUT2D eigenvalue weighted by atomic mass is 9.94. The first-order valence-corrected chi connectivity index (χ1v) is 8.22. The molecule has 0 saturated heterocycles. The molecule has 0 heterocycles. The number of rotatable bonds is 2. The largest absolute Gasteiger partial charge is 0.125 e. The van der Waals surface area contributed by atoms with E-state index in [9.17, 15) is 0 Å². The summed E-state index contributed by atoms with van der Waals surface area (Å²) in [5.74, 6) is 0. The predicted octanol–water partition coefficient (Wildman–Crippen LogP) is 5.96. The van der Waals surface area contributed by atoms with Crippen molar-refractivity contribution in [1.82, 2.24) is 0 Å². The summed E-state index contributed by atoms with van der Waals surface area (Å²) in [5.41, 5.74) is 3.01. The summed E-state index contributed by atoms with van der Waals surface area (Å²) in [6.45, 7) is 0. The van der Waals surface area contributed by atoms with Gasteiger partial charge in [0.15, 0.2) is 0 Å². The fraction of sp³-hybridized carbons (Fsp3) is 0.0476. The van der Waals surface area contributed by atoms with Crippen LogP contribution in [0.4, 0.5) is 0 Å². The van der Waals surface area contributed by atoms with E-state index in [1.807, 2.05) is 0 Å². The van der Waals surface area contributed by atoms with Gasteiger partial charge in [-0.05, 0) is 32.7 Å². The Morgan fingerprint density at radius 1 is 0.500 bits per heavy atom. The molecule has 0 nitrogen and oxygen atoms in total. The van der Waals surface area contributed by atoms with Crippen LogP contribution in [0, 0.1) is 0 Å². The first kappa shape index (κ1) is 13.5. The van der Waals surface area contributed by atoms with Crippen LogP contribution in [0.5, 0.6) is 0 Å². The third-order valence-corrected chi connectivity index (χ3v) is 5.04. The molecule has 0 aliphatic heterocycles. The lowest BCUT2D eigenvalue weighted by molar-refractivity contribution is 1.20. The molecule has 4 rings (SSSR count). The van der Waals surface area contributed by atoms with Crippen molar-refractivity contribution in [1.29, 1.82) is 0 Å². The highest BCUT2D eigenvalue weighted by Crippen LogP contribution is 2.38. The second-order valence-corrected chi connectivity index (χ2v) is 6.28. The SMILES string of the molecule is PC(c1cccc2ccccc12)c1cccc2ccccc12. The van der Waals surface area contributed by atoms with Gasteiger partial charge in [-0.25, -0.2) is 0 Å². The number of benzene rings is 4. The monoisotopic (exact) mass is 300 g/mol. The van der Waals surface area contributed by atoms with Gasteiger partial charge in [-0.3, -0.25) is 0 Å². The molecule has 0 bridgehead atoms. The highest BCUT2D eigenvalue weighted by molar-refractivity contribution is 7.17. The van der Waals surface area contributed by atoms with E-state index in [2.05, 4.69) is 94.2 Å². The average Bonchev–Trinajstić information content (AvgIpc) is 2.60. The van der Waals surface area contributed by atoms with Gasteiger partial charge in [0.25, 0.3) is 0 Å². The normalized spacial score (nSPS) is 11.4. The summed E-state index contributed by atoms with van der Waals surface area (Å²) >= 11 is 0. The van der Waals surface area contributed by atoms with E-state index < -0.39 is 0 Å². The molecule has 1 heteroatoms. The third kappa shape index (κ3) is 2.21.